The summed E-state index contributed by atoms with van der Waals surface area (Å²) in [5, 5.41) is 3.11. The maximum absolute atomic E-state index is 5.20. The summed E-state index contributed by atoms with van der Waals surface area (Å²) < 4.78 is 10.3. The summed E-state index contributed by atoms with van der Waals surface area (Å²) in [7, 11) is 0. The molecule has 0 saturated heterocycles. The minimum absolute atomic E-state index is 0.469. The zero-order valence-electron chi connectivity index (χ0n) is 8.25. The number of anilines is 1. The number of hydrogen-bond donors (Lipinski definition) is 1. The van der Waals surface area contributed by atoms with Gasteiger partial charge >= 0.3 is 0 Å². The van der Waals surface area contributed by atoms with Crippen LogP contribution >= 0.6 is 0 Å². The van der Waals surface area contributed by atoms with E-state index >= 15 is 0 Å². The Morgan fingerprint density at radius 1 is 1.19 bits per heavy atom. The van der Waals surface area contributed by atoms with Crippen molar-refractivity contribution in [2.45, 2.75) is 6.54 Å². The third-order valence-corrected chi connectivity index (χ3v) is 2.15. The van der Waals surface area contributed by atoms with Crippen molar-refractivity contribution in [1.29, 1.82) is 0 Å². The standard InChI is InChI=1S/C10H8N4O2/c1-2-7(15-3-1)4-11-9-8-10(13-5-12-9)16-6-14-8/h1-3,5-6H,4H2,(H,11,12,13). The molecule has 0 unspecified atom stereocenters. The van der Waals surface area contributed by atoms with Crippen LogP contribution in [-0.4, -0.2) is 15.0 Å². The molecule has 0 radical (unpaired) electrons. The summed E-state index contributed by atoms with van der Waals surface area (Å²) >= 11 is 0. The highest BCUT2D eigenvalue weighted by Gasteiger charge is 2.07. The Kier molecular flexibility index (Phi) is 2.03. The first-order chi connectivity index (χ1) is 7.93. The van der Waals surface area contributed by atoms with E-state index in [4.69, 9.17) is 8.83 Å². The second-order valence-electron chi connectivity index (χ2n) is 3.16. The monoisotopic (exact) mass is 216 g/mol. The molecule has 0 aliphatic carbocycles. The Morgan fingerprint density at radius 3 is 3.06 bits per heavy atom. The topological polar surface area (TPSA) is 77.0 Å². The fraction of sp³-hybridized carbons (Fsp3) is 0.100. The summed E-state index contributed by atoms with van der Waals surface area (Å²) in [6.07, 6.45) is 4.40. The highest BCUT2D eigenvalue weighted by atomic mass is 16.3. The zero-order chi connectivity index (χ0) is 10.8. The van der Waals surface area contributed by atoms with Gasteiger partial charge in [-0.05, 0) is 12.1 Å². The van der Waals surface area contributed by atoms with Crippen molar-refractivity contribution in [1.82, 2.24) is 15.0 Å². The first kappa shape index (κ1) is 8.90. The molecule has 1 N–H and O–H groups in total. The summed E-state index contributed by atoms with van der Waals surface area (Å²) in [6, 6.07) is 3.72. The molecule has 16 heavy (non-hydrogen) atoms. The molecular weight excluding hydrogens is 208 g/mol. The van der Waals surface area contributed by atoms with Crippen molar-refractivity contribution < 1.29 is 8.83 Å². The molecule has 0 aliphatic heterocycles. The van der Waals surface area contributed by atoms with E-state index < -0.39 is 0 Å². The van der Waals surface area contributed by atoms with Gasteiger partial charge in [0.1, 0.15) is 12.1 Å². The predicted octanol–water partition coefficient (Wildman–Crippen LogP) is 1.82. The first-order valence-electron chi connectivity index (χ1n) is 4.74. The van der Waals surface area contributed by atoms with Crippen molar-refractivity contribution in [3.05, 3.63) is 36.9 Å². The van der Waals surface area contributed by atoms with Gasteiger partial charge in [-0.25, -0.2) is 9.97 Å². The van der Waals surface area contributed by atoms with E-state index in [2.05, 4.69) is 20.3 Å². The van der Waals surface area contributed by atoms with Crippen LogP contribution in [0.15, 0.2) is 40.0 Å². The van der Waals surface area contributed by atoms with Crippen LogP contribution in [0.4, 0.5) is 5.82 Å². The smallest absolute Gasteiger partial charge is 0.251 e. The lowest BCUT2D eigenvalue weighted by Crippen LogP contribution is -2.01. The van der Waals surface area contributed by atoms with Crippen LogP contribution in [0.5, 0.6) is 0 Å². The van der Waals surface area contributed by atoms with Crippen molar-refractivity contribution in [3.8, 4) is 0 Å². The van der Waals surface area contributed by atoms with E-state index in [1.807, 2.05) is 12.1 Å². The molecule has 6 heteroatoms. The molecule has 0 fully saturated rings. The van der Waals surface area contributed by atoms with E-state index in [-0.39, 0.29) is 0 Å². The maximum atomic E-state index is 5.20. The van der Waals surface area contributed by atoms with Gasteiger partial charge in [-0.3, -0.25) is 0 Å². The van der Waals surface area contributed by atoms with Crippen molar-refractivity contribution in [2.24, 2.45) is 0 Å². The Morgan fingerprint density at radius 2 is 2.19 bits per heavy atom. The van der Waals surface area contributed by atoms with Gasteiger partial charge in [-0.1, -0.05) is 0 Å². The van der Waals surface area contributed by atoms with Gasteiger partial charge in [0, 0.05) is 0 Å². The summed E-state index contributed by atoms with van der Waals surface area (Å²) in [4.78, 5) is 12.1. The lowest BCUT2D eigenvalue weighted by atomic mass is 10.4. The molecule has 0 amide bonds. The number of hydrogen-bond acceptors (Lipinski definition) is 6. The number of nitrogens with zero attached hydrogens (tertiary/aromatic N) is 3. The number of aromatic nitrogens is 3. The van der Waals surface area contributed by atoms with Gasteiger partial charge in [0.15, 0.2) is 17.7 Å². The van der Waals surface area contributed by atoms with E-state index in [1.54, 1.807) is 6.26 Å². The minimum Gasteiger partial charge on any atom is -0.467 e. The summed E-state index contributed by atoms with van der Waals surface area (Å²) in [5.41, 5.74) is 1.09. The van der Waals surface area contributed by atoms with E-state index in [0.717, 1.165) is 5.76 Å². The second kappa shape index (κ2) is 3.65. The van der Waals surface area contributed by atoms with Crippen LogP contribution < -0.4 is 5.32 Å². The fourth-order valence-electron chi connectivity index (χ4n) is 1.41. The Bertz CT molecular complexity index is 588. The Hall–Kier alpha value is -2.37. The van der Waals surface area contributed by atoms with Gasteiger partial charge in [-0.2, -0.15) is 4.98 Å². The second-order valence-corrected chi connectivity index (χ2v) is 3.16. The van der Waals surface area contributed by atoms with E-state index in [9.17, 15) is 0 Å². The van der Waals surface area contributed by atoms with Crippen LogP contribution in [0.1, 0.15) is 5.76 Å². The molecular formula is C10H8N4O2. The van der Waals surface area contributed by atoms with Gasteiger partial charge in [0.05, 0.1) is 12.8 Å². The highest BCUT2D eigenvalue weighted by Crippen LogP contribution is 2.17. The number of furan rings is 1. The molecule has 6 nitrogen and oxygen atoms in total. The van der Waals surface area contributed by atoms with Crippen molar-refractivity contribution in [3.63, 3.8) is 0 Å². The average molecular weight is 216 g/mol. The Balaban J connectivity index is 1.86. The number of rotatable bonds is 3. The Labute approximate surface area is 90.3 Å². The van der Waals surface area contributed by atoms with Crippen LogP contribution in [-0.2, 0) is 6.54 Å². The fourth-order valence-corrected chi connectivity index (χ4v) is 1.41. The summed E-state index contributed by atoms with van der Waals surface area (Å²) in [5.74, 6) is 1.46. The van der Waals surface area contributed by atoms with E-state index in [0.29, 0.717) is 23.6 Å². The molecule has 3 aromatic rings. The van der Waals surface area contributed by atoms with Crippen molar-refractivity contribution >= 4 is 17.0 Å². The van der Waals surface area contributed by atoms with Crippen LogP contribution in [0, 0.1) is 0 Å². The number of nitrogens with one attached hydrogen (secondary N) is 1. The number of fused-ring (bicyclic) bond motifs is 1. The maximum Gasteiger partial charge on any atom is 0.251 e. The third kappa shape index (κ3) is 1.50. The van der Waals surface area contributed by atoms with Crippen LogP contribution in [0.3, 0.4) is 0 Å². The zero-order valence-corrected chi connectivity index (χ0v) is 8.25. The lowest BCUT2D eigenvalue weighted by Gasteiger charge is -2.02. The molecule has 0 aliphatic rings. The number of oxazole rings is 1. The molecule has 0 bridgehead atoms. The highest BCUT2D eigenvalue weighted by molar-refractivity contribution is 5.80. The predicted molar refractivity (Wildman–Crippen MR) is 55.6 cm³/mol. The molecule has 3 aromatic heterocycles. The van der Waals surface area contributed by atoms with Gasteiger partial charge in [-0.15, -0.1) is 0 Å². The summed E-state index contributed by atoms with van der Waals surface area (Å²) in [6.45, 7) is 0.548. The molecule has 0 saturated carbocycles. The normalized spacial score (nSPS) is 10.8. The molecule has 80 valence electrons. The largest absolute Gasteiger partial charge is 0.467 e. The van der Waals surface area contributed by atoms with E-state index in [1.165, 1.54) is 12.7 Å². The first-order valence-corrected chi connectivity index (χ1v) is 4.74. The van der Waals surface area contributed by atoms with Crippen molar-refractivity contribution in [2.75, 3.05) is 5.32 Å². The molecule has 0 spiro atoms. The quantitative estimate of drug-likeness (QED) is 0.719. The SMILES string of the molecule is c1coc(CNc2ncnc3ocnc23)c1. The lowest BCUT2D eigenvalue weighted by molar-refractivity contribution is 0.518. The molecule has 3 rings (SSSR count). The average Bonchev–Trinajstić information content (AvgIpc) is 2.97. The van der Waals surface area contributed by atoms with Crippen LogP contribution in [0.25, 0.3) is 11.2 Å². The van der Waals surface area contributed by atoms with Gasteiger partial charge in [0.2, 0.25) is 0 Å². The van der Waals surface area contributed by atoms with Gasteiger partial charge < -0.3 is 14.2 Å². The minimum atomic E-state index is 0.469. The van der Waals surface area contributed by atoms with Gasteiger partial charge in [0.25, 0.3) is 5.71 Å². The van der Waals surface area contributed by atoms with Crippen LogP contribution in [0.2, 0.25) is 0 Å². The molecule has 3 heterocycles. The third-order valence-electron chi connectivity index (χ3n) is 2.15. The molecule has 0 atom stereocenters. The molecule has 0 aromatic carbocycles.